The van der Waals surface area contributed by atoms with Gasteiger partial charge in [-0.2, -0.15) is 0 Å². The molecule has 4 nitrogen and oxygen atoms in total. The van der Waals surface area contributed by atoms with Crippen molar-refractivity contribution < 1.29 is 0 Å². The lowest BCUT2D eigenvalue weighted by Crippen LogP contribution is -2.43. The minimum Gasteiger partial charge on any atom is -0.370 e. The third-order valence-electron chi connectivity index (χ3n) is 4.26. The Balaban J connectivity index is 2.28. The molecule has 1 N–H and O–H groups in total. The zero-order valence-electron chi connectivity index (χ0n) is 13.3. The fourth-order valence-corrected chi connectivity index (χ4v) is 2.90. The monoisotopic (exact) mass is 276 g/mol. The van der Waals surface area contributed by atoms with Gasteiger partial charge in [0, 0.05) is 31.6 Å². The summed E-state index contributed by atoms with van der Waals surface area (Å²) in [6.45, 7) is 10.9. The topological polar surface area (TPSA) is 41.1 Å². The molecule has 0 saturated carbocycles. The minimum absolute atomic E-state index is 0.558. The summed E-state index contributed by atoms with van der Waals surface area (Å²) in [6.07, 6.45) is 4.62. The summed E-state index contributed by atoms with van der Waals surface area (Å²) in [7, 11) is 0. The molecule has 2 heterocycles. The first-order chi connectivity index (χ1) is 9.65. The van der Waals surface area contributed by atoms with Crippen molar-refractivity contribution in [3.8, 4) is 0 Å². The number of nitrogens with one attached hydrogen (secondary N) is 1. The molecule has 0 aromatic carbocycles. The SMILES string of the molecule is CCCc1nc(NCC)cc(N2CCCC(C)C2C)n1. The third-order valence-corrected chi connectivity index (χ3v) is 4.26. The zero-order valence-corrected chi connectivity index (χ0v) is 13.3. The lowest BCUT2D eigenvalue weighted by atomic mass is 9.92. The summed E-state index contributed by atoms with van der Waals surface area (Å²) in [5, 5.41) is 3.33. The highest BCUT2D eigenvalue weighted by Crippen LogP contribution is 2.28. The van der Waals surface area contributed by atoms with Crippen LogP contribution in [0.4, 0.5) is 11.6 Å². The van der Waals surface area contributed by atoms with E-state index in [1.807, 2.05) is 0 Å². The number of aryl methyl sites for hydroxylation is 1. The quantitative estimate of drug-likeness (QED) is 0.894. The zero-order chi connectivity index (χ0) is 14.5. The van der Waals surface area contributed by atoms with Gasteiger partial charge in [-0.15, -0.1) is 0 Å². The van der Waals surface area contributed by atoms with Crippen molar-refractivity contribution in [2.24, 2.45) is 5.92 Å². The second-order valence-electron chi connectivity index (χ2n) is 5.86. The van der Waals surface area contributed by atoms with E-state index in [0.29, 0.717) is 6.04 Å². The lowest BCUT2D eigenvalue weighted by molar-refractivity contribution is 0.361. The Bertz CT molecular complexity index is 408. The van der Waals surface area contributed by atoms with Gasteiger partial charge in [-0.3, -0.25) is 0 Å². The fraction of sp³-hybridized carbons (Fsp3) is 0.750. The normalized spacial score (nSPS) is 22.9. The minimum atomic E-state index is 0.558. The summed E-state index contributed by atoms with van der Waals surface area (Å²) in [5.41, 5.74) is 0. The predicted molar refractivity (Wildman–Crippen MR) is 85.4 cm³/mol. The van der Waals surface area contributed by atoms with Crippen LogP contribution in [0.2, 0.25) is 0 Å². The molecule has 20 heavy (non-hydrogen) atoms. The summed E-state index contributed by atoms with van der Waals surface area (Å²) < 4.78 is 0. The smallest absolute Gasteiger partial charge is 0.134 e. The molecule has 1 aromatic rings. The van der Waals surface area contributed by atoms with E-state index in [0.717, 1.165) is 49.3 Å². The highest BCUT2D eigenvalue weighted by Gasteiger charge is 2.26. The van der Waals surface area contributed by atoms with E-state index in [1.165, 1.54) is 12.8 Å². The number of hydrogen-bond acceptors (Lipinski definition) is 4. The van der Waals surface area contributed by atoms with Crippen LogP contribution in [0.5, 0.6) is 0 Å². The van der Waals surface area contributed by atoms with Crippen LogP contribution in [-0.2, 0) is 6.42 Å². The largest absolute Gasteiger partial charge is 0.370 e. The maximum absolute atomic E-state index is 4.79. The van der Waals surface area contributed by atoms with Gasteiger partial charge in [0.1, 0.15) is 17.5 Å². The van der Waals surface area contributed by atoms with E-state index < -0.39 is 0 Å². The van der Waals surface area contributed by atoms with E-state index in [9.17, 15) is 0 Å². The molecular weight excluding hydrogens is 248 g/mol. The average Bonchev–Trinajstić information content (AvgIpc) is 2.42. The van der Waals surface area contributed by atoms with Crippen molar-refractivity contribution in [1.29, 1.82) is 0 Å². The number of piperidine rings is 1. The Morgan fingerprint density at radius 3 is 2.80 bits per heavy atom. The Morgan fingerprint density at radius 2 is 2.10 bits per heavy atom. The first kappa shape index (κ1) is 15.1. The molecule has 2 unspecified atom stereocenters. The molecule has 2 rings (SSSR count). The molecule has 0 spiro atoms. The molecule has 112 valence electrons. The van der Waals surface area contributed by atoms with Gasteiger partial charge in [0.25, 0.3) is 0 Å². The van der Waals surface area contributed by atoms with E-state index in [-0.39, 0.29) is 0 Å². The van der Waals surface area contributed by atoms with Crippen LogP contribution in [0.15, 0.2) is 6.07 Å². The maximum Gasteiger partial charge on any atom is 0.134 e. The summed E-state index contributed by atoms with van der Waals surface area (Å²) >= 11 is 0. The lowest BCUT2D eigenvalue weighted by Gasteiger charge is -2.39. The van der Waals surface area contributed by atoms with Crippen LogP contribution in [-0.4, -0.2) is 29.1 Å². The molecule has 1 saturated heterocycles. The van der Waals surface area contributed by atoms with Gasteiger partial charge >= 0.3 is 0 Å². The van der Waals surface area contributed by atoms with Crippen LogP contribution in [0.25, 0.3) is 0 Å². The highest BCUT2D eigenvalue weighted by atomic mass is 15.2. The van der Waals surface area contributed by atoms with Gasteiger partial charge in [0.2, 0.25) is 0 Å². The molecule has 1 aliphatic heterocycles. The second kappa shape index (κ2) is 6.91. The predicted octanol–water partition coefficient (Wildman–Crippen LogP) is 3.49. The number of anilines is 2. The summed E-state index contributed by atoms with van der Waals surface area (Å²) in [6, 6.07) is 2.67. The van der Waals surface area contributed by atoms with Crippen LogP contribution in [0, 0.1) is 5.92 Å². The van der Waals surface area contributed by atoms with Gasteiger partial charge in [-0.05, 0) is 39.0 Å². The van der Waals surface area contributed by atoms with Crippen molar-refractivity contribution in [3.63, 3.8) is 0 Å². The van der Waals surface area contributed by atoms with Gasteiger partial charge in [-0.1, -0.05) is 13.8 Å². The van der Waals surface area contributed by atoms with Gasteiger partial charge in [0.15, 0.2) is 0 Å². The van der Waals surface area contributed by atoms with Crippen molar-refractivity contribution in [2.45, 2.75) is 59.4 Å². The van der Waals surface area contributed by atoms with Gasteiger partial charge in [-0.25, -0.2) is 9.97 Å². The standard InChI is InChI=1S/C16H28N4/c1-5-8-14-18-15(17-6-2)11-16(19-14)20-10-7-9-12(3)13(20)4/h11-13H,5-10H2,1-4H3,(H,17,18,19). The number of hydrogen-bond donors (Lipinski definition) is 1. The molecular formula is C16H28N4. The molecule has 1 aromatic heterocycles. The van der Waals surface area contributed by atoms with Gasteiger partial charge in [0.05, 0.1) is 0 Å². The number of aromatic nitrogens is 2. The van der Waals surface area contributed by atoms with Crippen LogP contribution >= 0.6 is 0 Å². The first-order valence-corrected chi connectivity index (χ1v) is 8.04. The summed E-state index contributed by atoms with van der Waals surface area (Å²) in [4.78, 5) is 11.8. The van der Waals surface area contributed by atoms with E-state index in [2.05, 4.69) is 49.0 Å². The van der Waals surface area contributed by atoms with Crippen LogP contribution in [0.3, 0.4) is 0 Å². The van der Waals surface area contributed by atoms with Crippen LogP contribution in [0.1, 0.15) is 52.8 Å². The Morgan fingerprint density at radius 1 is 1.30 bits per heavy atom. The van der Waals surface area contributed by atoms with Crippen molar-refractivity contribution in [1.82, 2.24) is 9.97 Å². The van der Waals surface area contributed by atoms with Crippen molar-refractivity contribution in [2.75, 3.05) is 23.3 Å². The van der Waals surface area contributed by atoms with Crippen molar-refractivity contribution in [3.05, 3.63) is 11.9 Å². The van der Waals surface area contributed by atoms with Crippen molar-refractivity contribution >= 4 is 11.6 Å². The van der Waals surface area contributed by atoms with E-state index in [1.54, 1.807) is 0 Å². The molecule has 1 fully saturated rings. The number of nitrogens with zero attached hydrogens (tertiary/aromatic N) is 3. The van der Waals surface area contributed by atoms with E-state index in [4.69, 9.17) is 4.98 Å². The molecule has 0 aliphatic carbocycles. The first-order valence-electron chi connectivity index (χ1n) is 8.04. The highest BCUT2D eigenvalue weighted by molar-refractivity contribution is 5.50. The Hall–Kier alpha value is -1.32. The second-order valence-corrected chi connectivity index (χ2v) is 5.86. The number of rotatable bonds is 5. The van der Waals surface area contributed by atoms with Crippen LogP contribution < -0.4 is 10.2 Å². The maximum atomic E-state index is 4.79. The average molecular weight is 276 g/mol. The summed E-state index contributed by atoms with van der Waals surface area (Å²) in [5.74, 6) is 3.76. The van der Waals surface area contributed by atoms with Gasteiger partial charge < -0.3 is 10.2 Å². The molecule has 4 heteroatoms. The molecule has 0 radical (unpaired) electrons. The molecule has 0 bridgehead atoms. The van der Waals surface area contributed by atoms with E-state index >= 15 is 0 Å². The third kappa shape index (κ3) is 3.41. The molecule has 2 atom stereocenters. The molecule has 0 amide bonds. The Labute approximate surface area is 123 Å². The Kier molecular flexibility index (Phi) is 5.21. The fourth-order valence-electron chi connectivity index (χ4n) is 2.90. The molecule has 1 aliphatic rings.